The third-order valence-corrected chi connectivity index (χ3v) is 1.64. The molecule has 4 heteroatoms. The van der Waals surface area contributed by atoms with Crippen molar-refractivity contribution in [3.8, 4) is 0 Å². The van der Waals surface area contributed by atoms with Crippen molar-refractivity contribution < 1.29 is 4.79 Å². The molecule has 0 fully saturated rings. The van der Waals surface area contributed by atoms with Gasteiger partial charge in [-0.25, -0.2) is 0 Å². The van der Waals surface area contributed by atoms with Gasteiger partial charge in [-0.1, -0.05) is 18.2 Å². The van der Waals surface area contributed by atoms with Gasteiger partial charge in [0.25, 0.3) is 0 Å². The maximum Gasteiger partial charge on any atom is 0.228 e. The highest BCUT2D eigenvalue weighted by Gasteiger charge is 2.15. The average molecular weight is 161 g/mol. The summed E-state index contributed by atoms with van der Waals surface area (Å²) < 4.78 is 0. The van der Waals surface area contributed by atoms with Crippen LogP contribution in [-0.2, 0) is 11.2 Å². The van der Waals surface area contributed by atoms with Crippen LogP contribution in [0.2, 0.25) is 0 Å². The third kappa shape index (κ3) is 1.40. The molecule has 1 aliphatic rings. The first kappa shape index (κ1) is 8.21. The minimum atomic E-state index is 0.0983. The molecule has 0 radical (unpaired) electrons. The summed E-state index contributed by atoms with van der Waals surface area (Å²) in [5.74, 6) is 0.0983. The highest BCUT2D eigenvalue weighted by Crippen LogP contribution is 2.20. The first-order valence-electron chi connectivity index (χ1n) is 3.44. The van der Waals surface area contributed by atoms with Gasteiger partial charge < -0.3 is 5.32 Å². The van der Waals surface area contributed by atoms with E-state index in [2.05, 4.69) is 5.32 Å². The van der Waals surface area contributed by atoms with Gasteiger partial charge in [-0.3, -0.25) is 4.79 Å². The Hall–Kier alpha value is -1.89. The zero-order chi connectivity index (χ0) is 8.97. The number of benzene rings is 1. The van der Waals surface area contributed by atoms with E-state index in [-0.39, 0.29) is 5.91 Å². The van der Waals surface area contributed by atoms with Crippen molar-refractivity contribution in [2.24, 2.45) is 0 Å². The Morgan fingerprint density at radius 2 is 1.92 bits per heavy atom. The maximum absolute atomic E-state index is 10.8. The van der Waals surface area contributed by atoms with E-state index in [1.807, 2.05) is 24.3 Å². The number of carbonyl (C=O) groups excluding carboxylic acids is 1. The molecule has 0 spiro atoms. The normalized spacial score (nSPS) is 12.3. The Morgan fingerprint density at radius 3 is 2.58 bits per heavy atom. The van der Waals surface area contributed by atoms with E-state index in [4.69, 9.17) is 10.8 Å². The minimum Gasteiger partial charge on any atom is -0.326 e. The number of hydrogen-bond donors (Lipinski definition) is 1. The molecule has 1 aromatic carbocycles. The maximum atomic E-state index is 10.8. The lowest BCUT2D eigenvalue weighted by Gasteiger charge is -1.93. The summed E-state index contributed by atoms with van der Waals surface area (Å²) >= 11 is 0. The van der Waals surface area contributed by atoms with Gasteiger partial charge in [0, 0.05) is 16.5 Å². The summed E-state index contributed by atoms with van der Waals surface area (Å²) in [5.41, 5.74) is 2.07. The van der Waals surface area contributed by atoms with Gasteiger partial charge in [0.1, 0.15) is 0 Å². The fourth-order valence-electron chi connectivity index (χ4n) is 1.16. The van der Waals surface area contributed by atoms with Crippen LogP contribution < -0.4 is 5.32 Å². The van der Waals surface area contributed by atoms with Crippen LogP contribution in [0.15, 0.2) is 24.3 Å². The zero-order valence-electron chi connectivity index (χ0n) is 6.32. The van der Waals surface area contributed by atoms with Crippen LogP contribution in [0.5, 0.6) is 0 Å². The topological polar surface area (TPSA) is 76.7 Å². The SMILES string of the molecule is N#N.O=C1Cc2ccccc2N1. The molecule has 12 heavy (non-hydrogen) atoms. The van der Waals surface area contributed by atoms with E-state index in [1.165, 1.54) is 0 Å². The number of anilines is 1. The number of fused-ring (bicyclic) bond motifs is 1. The van der Waals surface area contributed by atoms with Crippen LogP contribution >= 0.6 is 0 Å². The number of para-hydroxylation sites is 1. The van der Waals surface area contributed by atoms with Crippen LogP contribution in [-0.4, -0.2) is 5.91 Å². The summed E-state index contributed by atoms with van der Waals surface area (Å²) in [7, 11) is 0. The summed E-state index contributed by atoms with van der Waals surface area (Å²) in [6.07, 6.45) is 0.538. The Morgan fingerprint density at radius 1 is 1.25 bits per heavy atom. The van der Waals surface area contributed by atoms with Gasteiger partial charge in [-0.15, -0.1) is 0 Å². The van der Waals surface area contributed by atoms with E-state index >= 15 is 0 Å². The summed E-state index contributed by atoms with van der Waals surface area (Å²) in [4.78, 5) is 10.8. The first-order valence-corrected chi connectivity index (χ1v) is 3.44. The second-order valence-corrected chi connectivity index (χ2v) is 2.38. The van der Waals surface area contributed by atoms with Crippen LogP contribution in [0.4, 0.5) is 5.69 Å². The van der Waals surface area contributed by atoms with E-state index in [1.54, 1.807) is 0 Å². The highest BCUT2D eigenvalue weighted by molar-refractivity contribution is 5.98. The number of rotatable bonds is 0. The molecular formula is C8H7N3O. The first-order chi connectivity index (χ1) is 5.86. The minimum absolute atomic E-state index is 0.0983. The Kier molecular flexibility index (Phi) is 2.38. The number of carbonyl (C=O) groups is 1. The van der Waals surface area contributed by atoms with Crippen LogP contribution in [0, 0.1) is 10.8 Å². The molecule has 0 aromatic heterocycles. The smallest absolute Gasteiger partial charge is 0.228 e. The van der Waals surface area contributed by atoms with Gasteiger partial charge in [0.15, 0.2) is 0 Å². The monoisotopic (exact) mass is 161 g/mol. The number of nitrogens with zero attached hydrogens (tertiary/aromatic N) is 2. The second-order valence-electron chi connectivity index (χ2n) is 2.38. The zero-order valence-corrected chi connectivity index (χ0v) is 6.32. The molecule has 0 aliphatic carbocycles. The summed E-state index contributed by atoms with van der Waals surface area (Å²) in [6.45, 7) is 0. The molecule has 1 heterocycles. The largest absolute Gasteiger partial charge is 0.326 e. The van der Waals surface area contributed by atoms with Gasteiger partial charge in [0.2, 0.25) is 5.91 Å². The lowest BCUT2D eigenvalue weighted by atomic mass is 10.2. The van der Waals surface area contributed by atoms with E-state index in [0.717, 1.165) is 11.3 Å². The van der Waals surface area contributed by atoms with E-state index < -0.39 is 0 Å². The lowest BCUT2D eigenvalue weighted by molar-refractivity contribution is -0.115. The van der Waals surface area contributed by atoms with Crippen molar-refractivity contribution in [1.29, 1.82) is 10.8 Å². The molecule has 60 valence electrons. The predicted molar refractivity (Wildman–Crippen MR) is 42.2 cm³/mol. The number of amides is 1. The Balaban J connectivity index is 0.000000336. The molecule has 4 nitrogen and oxygen atoms in total. The van der Waals surface area contributed by atoms with Crippen LogP contribution in [0.1, 0.15) is 5.56 Å². The molecule has 1 aliphatic heterocycles. The molecule has 1 amide bonds. The van der Waals surface area contributed by atoms with Gasteiger partial charge >= 0.3 is 0 Å². The fourth-order valence-corrected chi connectivity index (χ4v) is 1.16. The molecule has 0 unspecified atom stereocenters. The van der Waals surface area contributed by atoms with E-state index in [0.29, 0.717) is 6.42 Å². The van der Waals surface area contributed by atoms with Crippen molar-refractivity contribution in [3.05, 3.63) is 29.8 Å². The van der Waals surface area contributed by atoms with Crippen molar-refractivity contribution in [3.63, 3.8) is 0 Å². The predicted octanol–water partition coefficient (Wildman–Crippen LogP) is 1.21. The highest BCUT2D eigenvalue weighted by atomic mass is 16.1. The van der Waals surface area contributed by atoms with E-state index in [9.17, 15) is 4.79 Å². The molecule has 0 saturated carbocycles. The fraction of sp³-hybridized carbons (Fsp3) is 0.125. The van der Waals surface area contributed by atoms with Crippen molar-refractivity contribution >= 4 is 11.6 Å². The quantitative estimate of drug-likeness (QED) is 0.581. The Labute approximate surface area is 69.6 Å². The van der Waals surface area contributed by atoms with Gasteiger partial charge in [-0.2, -0.15) is 0 Å². The molecular weight excluding hydrogens is 154 g/mol. The van der Waals surface area contributed by atoms with Crippen molar-refractivity contribution in [2.45, 2.75) is 6.42 Å². The second kappa shape index (κ2) is 3.49. The third-order valence-electron chi connectivity index (χ3n) is 1.64. The number of hydrogen-bond acceptors (Lipinski definition) is 3. The van der Waals surface area contributed by atoms with Crippen LogP contribution in [0.25, 0.3) is 0 Å². The molecule has 2 rings (SSSR count). The lowest BCUT2D eigenvalue weighted by Crippen LogP contribution is -2.03. The van der Waals surface area contributed by atoms with Gasteiger partial charge in [-0.05, 0) is 11.6 Å². The van der Waals surface area contributed by atoms with Crippen LogP contribution in [0.3, 0.4) is 0 Å². The summed E-state index contributed by atoms with van der Waals surface area (Å²) in [6, 6.07) is 7.75. The summed E-state index contributed by atoms with van der Waals surface area (Å²) in [5, 5.41) is 14.8. The molecule has 0 saturated heterocycles. The molecule has 1 aromatic rings. The Bertz CT molecular complexity index is 292. The molecule has 0 atom stereocenters. The standard InChI is InChI=1S/C8H7NO.N2/c10-8-5-6-3-1-2-4-7(6)9-8;1-2/h1-4H,5H2,(H,9,10);. The van der Waals surface area contributed by atoms with Gasteiger partial charge in [0.05, 0.1) is 6.42 Å². The molecule has 1 N–H and O–H groups in total. The average Bonchev–Trinajstić information content (AvgIpc) is 2.48. The number of nitrogens with one attached hydrogen (secondary N) is 1. The van der Waals surface area contributed by atoms with Crippen molar-refractivity contribution in [2.75, 3.05) is 5.32 Å². The molecule has 0 bridgehead atoms. The van der Waals surface area contributed by atoms with Crippen molar-refractivity contribution in [1.82, 2.24) is 0 Å².